The van der Waals surface area contributed by atoms with Crippen LogP contribution in [0, 0.1) is 0 Å². The highest BCUT2D eigenvalue weighted by atomic mass is 14.9. The SMILES string of the molecule is c1ccc(-c2c(Nc3ccc4c(c3)C3(c5ccccc5-c5ccccc53)c3ccccc3-4)ccc3ccccc23)cc1. The fourth-order valence-corrected chi connectivity index (χ4v) is 7.62. The lowest BCUT2D eigenvalue weighted by Gasteiger charge is -2.30. The Morgan fingerprint density at radius 3 is 1.62 bits per heavy atom. The molecule has 0 amide bonds. The van der Waals surface area contributed by atoms with Crippen LogP contribution in [0.15, 0.2) is 158 Å². The number of hydrogen-bond donors (Lipinski definition) is 1. The zero-order chi connectivity index (χ0) is 27.7. The molecule has 7 aromatic rings. The Morgan fingerprint density at radius 2 is 0.952 bits per heavy atom. The minimum atomic E-state index is -0.345. The van der Waals surface area contributed by atoms with Crippen LogP contribution in [0.25, 0.3) is 44.2 Å². The Labute approximate surface area is 245 Å². The van der Waals surface area contributed by atoms with E-state index in [1.165, 1.54) is 66.4 Å². The molecule has 0 fully saturated rings. The predicted octanol–water partition coefficient (Wildman–Crippen LogP) is 10.6. The molecule has 2 aliphatic rings. The summed E-state index contributed by atoms with van der Waals surface area (Å²) in [6, 6.07) is 57.7. The van der Waals surface area contributed by atoms with Gasteiger partial charge in [-0.2, -0.15) is 0 Å². The van der Waals surface area contributed by atoms with E-state index in [0.29, 0.717) is 0 Å². The lowest BCUT2D eigenvalue weighted by atomic mass is 9.70. The van der Waals surface area contributed by atoms with E-state index < -0.39 is 0 Å². The van der Waals surface area contributed by atoms with Gasteiger partial charge in [-0.3, -0.25) is 0 Å². The summed E-state index contributed by atoms with van der Waals surface area (Å²) in [5.74, 6) is 0. The van der Waals surface area contributed by atoms with E-state index in [9.17, 15) is 0 Å². The second-order valence-electron chi connectivity index (χ2n) is 11.3. The van der Waals surface area contributed by atoms with E-state index in [2.05, 4.69) is 163 Å². The third-order valence-electron chi connectivity index (χ3n) is 9.27. The molecule has 9 rings (SSSR count). The molecule has 196 valence electrons. The van der Waals surface area contributed by atoms with Crippen molar-refractivity contribution in [3.8, 4) is 33.4 Å². The fraction of sp³-hybridized carbons (Fsp3) is 0.0244. The van der Waals surface area contributed by atoms with Gasteiger partial charge in [-0.15, -0.1) is 0 Å². The predicted molar refractivity (Wildman–Crippen MR) is 175 cm³/mol. The molecule has 1 spiro atoms. The van der Waals surface area contributed by atoms with Crippen LogP contribution in [0.3, 0.4) is 0 Å². The molecule has 1 nitrogen and oxygen atoms in total. The van der Waals surface area contributed by atoms with Gasteiger partial charge >= 0.3 is 0 Å². The highest BCUT2D eigenvalue weighted by molar-refractivity contribution is 6.04. The van der Waals surface area contributed by atoms with Crippen LogP contribution in [-0.4, -0.2) is 0 Å². The van der Waals surface area contributed by atoms with Gasteiger partial charge in [-0.05, 0) is 79.0 Å². The smallest absolute Gasteiger partial charge is 0.0726 e. The fourth-order valence-electron chi connectivity index (χ4n) is 7.62. The minimum absolute atomic E-state index is 0.345. The maximum atomic E-state index is 3.87. The summed E-state index contributed by atoms with van der Waals surface area (Å²) in [5, 5.41) is 6.36. The molecule has 0 saturated heterocycles. The number of fused-ring (bicyclic) bond motifs is 11. The molecule has 0 unspecified atom stereocenters. The highest BCUT2D eigenvalue weighted by Gasteiger charge is 2.51. The van der Waals surface area contributed by atoms with E-state index in [0.717, 1.165) is 11.4 Å². The Balaban J connectivity index is 1.28. The number of anilines is 2. The van der Waals surface area contributed by atoms with Crippen LogP contribution in [0.2, 0.25) is 0 Å². The monoisotopic (exact) mass is 533 g/mol. The van der Waals surface area contributed by atoms with E-state index >= 15 is 0 Å². The van der Waals surface area contributed by atoms with Crippen molar-refractivity contribution in [1.29, 1.82) is 0 Å². The standard InChI is InChI=1S/C41H27N/c1-2-13-28(14-3-1)40-30-15-5-4-12-27(30)22-25-39(40)42-29-23-24-34-33-18-8-11-21-37(33)41(38(34)26-29)35-19-9-6-16-31(35)32-17-7-10-20-36(32)41/h1-26,42H. The lowest BCUT2D eigenvalue weighted by molar-refractivity contribution is 0.794. The Bertz CT molecular complexity index is 2110. The number of rotatable bonds is 3. The molecular weight excluding hydrogens is 506 g/mol. The highest BCUT2D eigenvalue weighted by Crippen LogP contribution is 2.63. The first-order valence-corrected chi connectivity index (χ1v) is 14.6. The number of benzene rings is 7. The third-order valence-corrected chi connectivity index (χ3v) is 9.27. The van der Waals surface area contributed by atoms with E-state index in [1.54, 1.807) is 0 Å². The first-order valence-electron chi connectivity index (χ1n) is 14.6. The van der Waals surface area contributed by atoms with Crippen LogP contribution in [0.4, 0.5) is 11.4 Å². The van der Waals surface area contributed by atoms with Gasteiger partial charge in [-0.1, -0.05) is 140 Å². The van der Waals surface area contributed by atoms with Gasteiger partial charge in [0.25, 0.3) is 0 Å². The quantitative estimate of drug-likeness (QED) is 0.238. The van der Waals surface area contributed by atoms with Crippen molar-refractivity contribution in [3.63, 3.8) is 0 Å². The van der Waals surface area contributed by atoms with Crippen LogP contribution in [0.5, 0.6) is 0 Å². The van der Waals surface area contributed by atoms with Crippen molar-refractivity contribution in [2.75, 3.05) is 5.32 Å². The first kappa shape index (κ1) is 23.3. The van der Waals surface area contributed by atoms with Gasteiger partial charge < -0.3 is 5.32 Å². The molecule has 1 N–H and O–H groups in total. The summed E-state index contributed by atoms with van der Waals surface area (Å²) in [5.41, 5.74) is 15.0. The Morgan fingerprint density at radius 1 is 0.405 bits per heavy atom. The minimum Gasteiger partial charge on any atom is -0.355 e. The maximum Gasteiger partial charge on any atom is 0.0726 e. The van der Waals surface area contributed by atoms with E-state index in [1.807, 2.05) is 0 Å². The van der Waals surface area contributed by atoms with E-state index in [-0.39, 0.29) is 5.41 Å². The average Bonchev–Trinajstić information content (AvgIpc) is 3.52. The van der Waals surface area contributed by atoms with Gasteiger partial charge in [0.15, 0.2) is 0 Å². The molecule has 0 radical (unpaired) electrons. The van der Waals surface area contributed by atoms with Crippen LogP contribution < -0.4 is 5.32 Å². The largest absolute Gasteiger partial charge is 0.355 e. The number of hydrogen-bond acceptors (Lipinski definition) is 1. The lowest BCUT2D eigenvalue weighted by Crippen LogP contribution is -2.25. The van der Waals surface area contributed by atoms with Crippen LogP contribution in [-0.2, 0) is 5.41 Å². The summed E-state index contributed by atoms with van der Waals surface area (Å²) in [4.78, 5) is 0. The molecule has 0 aliphatic heterocycles. The van der Waals surface area contributed by atoms with Crippen molar-refractivity contribution in [3.05, 3.63) is 180 Å². The van der Waals surface area contributed by atoms with Crippen LogP contribution in [0.1, 0.15) is 22.3 Å². The van der Waals surface area contributed by atoms with Gasteiger partial charge in [0.1, 0.15) is 0 Å². The molecule has 0 heterocycles. The van der Waals surface area contributed by atoms with Crippen LogP contribution >= 0.6 is 0 Å². The summed E-state index contributed by atoms with van der Waals surface area (Å²) in [6.07, 6.45) is 0. The maximum absolute atomic E-state index is 3.87. The topological polar surface area (TPSA) is 12.0 Å². The number of nitrogens with one attached hydrogen (secondary N) is 1. The zero-order valence-corrected chi connectivity index (χ0v) is 23.0. The molecule has 1 heteroatoms. The normalized spacial score (nSPS) is 13.4. The molecular formula is C41H27N. The van der Waals surface area contributed by atoms with Gasteiger partial charge in [0, 0.05) is 16.9 Å². The molecule has 0 atom stereocenters. The van der Waals surface area contributed by atoms with Gasteiger partial charge in [0.2, 0.25) is 0 Å². The zero-order valence-electron chi connectivity index (χ0n) is 23.0. The van der Waals surface area contributed by atoms with Crippen molar-refractivity contribution in [2.24, 2.45) is 0 Å². The molecule has 7 aromatic carbocycles. The first-order chi connectivity index (χ1) is 20.8. The second-order valence-corrected chi connectivity index (χ2v) is 11.3. The van der Waals surface area contributed by atoms with Crippen molar-refractivity contribution in [2.45, 2.75) is 5.41 Å². The summed E-state index contributed by atoms with van der Waals surface area (Å²) in [6.45, 7) is 0. The summed E-state index contributed by atoms with van der Waals surface area (Å²) < 4.78 is 0. The molecule has 2 aliphatic carbocycles. The second kappa shape index (κ2) is 8.80. The van der Waals surface area contributed by atoms with Gasteiger partial charge in [-0.25, -0.2) is 0 Å². The molecule has 0 saturated carbocycles. The molecule has 0 bridgehead atoms. The molecule has 42 heavy (non-hydrogen) atoms. The summed E-state index contributed by atoms with van der Waals surface area (Å²) >= 11 is 0. The third kappa shape index (κ3) is 3.08. The Hall–Kier alpha value is -5.40. The van der Waals surface area contributed by atoms with Crippen molar-refractivity contribution >= 4 is 22.1 Å². The van der Waals surface area contributed by atoms with Gasteiger partial charge in [0.05, 0.1) is 5.41 Å². The Kier molecular flexibility index (Phi) is 4.88. The summed E-state index contributed by atoms with van der Waals surface area (Å²) in [7, 11) is 0. The average molecular weight is 534 g/mol. The molecule has 0 aromatic heterocycles. The van der Waals surface area contributed by atoms with Crippen molar-refractivity contribution < 1.29 is 0 Å². The van der Waals surface area contributed by atoms with Crippen molar-refractivity contribution in [1.82, 2.24) is 0 Å². The van der Waals surface area contributed by atoms with E-state index in [4.69, 9.17) is 0 Å².